The molecule has 0 unspecified atom stereocenters. The molecular weight excluding hydrogens is 438 g/mol. The second-order valence-corrected chi connectivity index (χ2v) is 11.5. The maximum absolute atomic E-state index is 13.2. The van der Waals surface area contributed by atoms with Gasteiger partial charge >= 0.3 is 0 Å². The van der Waals surface area contributed by atoms with E-state index in [2.05, 4.69) is 4.72 Å². The van der Waals surface area contributed by atoms with Gasteiger partial charge in [-0.2, -0.15) is 0 Å². The number of sulfone groups is 1. The molecule has 2 aromatic carbocycles. The first-order valence-corrected chi connectivity index (χ1v) is 12.6. The van der Waals surface area contributed by atoms with E-state index in [-0.39, 0.29) is 16.3 Å². The Hall–Kier alpha value is -1.71. The molecule has 0 bridgehead atoms. The summed E-state index contributed by atoms with van der Waals surface area (Å²) >= 11 is 7.12. The van der Waals surface area contributed by atoms with Crippen LogP contribution in [-0.2, 0) is 19.9 Å². The maximum atomic E-state index is 13.2. The van der Waals surface area contributed by atoms with Gasteiger partial charge in [0, 0.05) is 16.4 Å². The van der Waals surface area contributed by atoms with Crippen molar-refractivity contribution >= 4 is 42.8 Å². The zero-order chi connectivity index (χ0) is 20.4. The molecule has 9 heteroatoms. The molecule has 1 N–H and O–H groups in total. The average molecular weight is 456 g/mol. The Morgan fingerprint density at radius 3 is 2.11 bits per heavy atom. The van der Waals surface area contributed by atoms with Crippen LogP contribution in [0.5, 0.6) is 0 Å². The lowest BCUT2D eigenvalue weighted by molar-refractivity contribution is 0.569. The monoisotopic (exact) mass is 455 g/mol. The highest BCUT2D eigenvalue weighted by molar-refractivity contribution is 7.92. The number of aryl methyl sites for hydroxylation is 1. The van der Waals surface area contributed by atoms with Crippen molar-refractivity contribution in [1.82, 2.24) is 4.72 Å². The van der Waals surface area contributed by atoms with Crippen molar-refractivity contribution in [3.05, 3.63) is 81.5 Å². The topological polar surface area (TPSA) is 80.3 Å². The van der Waals surface area contributed by atoms with Crippen LogP contribution < -0.4 is 4.72 Å². The van der Waals surface area contributed by atoms with E-state index >= 15 is 0 Å². The fourth-order valence-electron chi connectivity index (χ4n) is 2.61. The lowest BCUT2D eigenvalue weighted by Gasteiger charge is -2.18. The average Bonchev–Trinajstić information content (AvgIpc) is 3.16. The first kappa shape index (κ1) is 21.0. The summed E-state index contributed by atoms with van der Waals surface area (Å²) in [6.45, 7) is 1.58. The Labute approximate surface area is 174 Å². The van der Waals surface area contributed by atoms with Gasteiger partial charge in [0.25, 0.3) is 0 Å². The summed E-state index contributed by atoms with van der Waals surface area (Å²) in [5.74, 6) is 0. The number of sulfonamides is 1. The van der Waals surface area contributed by atoms with E-state index in [0.29, 0.717) is 9.90 Å². The normalized spacial score (nSPS) is 13.4. The Morgan fingerprint density at radius 2 is 1.54 bits per heavy atom. The minimum absolute atomic E-state index is 0.0878. The fraction of sp³-hybridized carbons (Fsp3) is 0.158. The largest absolute Gasteiger partial charge is 0.240 e. The second kappa shape index (κ2) is 8.34. The molecule has 28 heavy (non-hydrogen) atoms. The summed E-state index contributed by atoms with van der Waals surface area (Å²) < 4.78 is 54.0. The van der Waals surface area contributed by atoms with Crippen LogP contribution in [-0.4, -0.2) is 23.4 Å². The van der Waals surface area contributed by atoms with Gasteiger partial charge in [0.05, 0.1) is 9.79 Å². The number of thiophene rings is 1. The third-order valence-corrected chi connectivity index (χ3v) is 9.09. The zero-order valence-electron chi connectivity index (χ0n) is 14.9. The number of benzene rings is 2. The van der Waals surface area contributed by atoms with Crippen LogP contribution in [0, 0.1) is 6.92 Å². The predicted molar refractivity (Wildman–Crippen MR) is 112 cm³/mol. The van der Waals surface area contributed by atoms with E-state index in [1.54, 1.807) is 29.6 Å². The number of rotatable bonds is 7. The smallest absolute Gasteiger partial charge is 0.223 e. The molecule has 0 saturated heterocycles. The van der Waals surface area contributed by atoms with Crippen molar-refractivity contribution in [1.29, 1.82) is 0 Å². The predicted octanol–water partition coefficient (Wildman–Crippen LogP) is 4.20. The van der Waals surface area contributed by atoms with Crippen molar-refractivity contribution < 1.29 is 16.8 Å². The highest BCUT2D eigenvalue weighted by Gasteiger charge is 2.31. The van der Waals surface area contributed by atoms with Crippen molar-refractivity contribution in [2.45, 2.75) is 22.0 Å². The molecule has 3 rings (SSSR count). The standard InChI is InChI=1S/C19H18ClNO4S3/c1-14-4-8-17(9-5-14)28(24,25)21-13-19(18-3-2-12-26-18)27(22,23)16-10-6-15(20)7-11-16/h2-12,19,21H,13H2,1H3/t19-/m0/s1. The van der Waals surface area contributed by atoms with E-state index in [1.165, 1.54) is 47.7 Å². The molecule has 0 aliphatic carbocycles. The third kappa shape index (κ3) is 4.64. The van der Waals surface area contributed by atoms with Gasteiger partial charge in [0.1, 0.15) is 5.25 Å². The van der Waals surface area contributed by atoms with Crippen LogP contribution in [0.25, 0.3) is 0 Å². The number of nitrogens with one attached hydrogen (secondary N) is 1. The van der Waals surface area contributed by atoms with Gasteiger partial charge in [-0.05, 0) is 54.8 Å². The van der Waals surface area contributed by atoms with E-state index in [9.17, 15) is 16.8 Å². The fourth-order valence-corrected chi connectivity index (χ4v) is 6.68. The molecule has 0 aliphatic rings. The number of halogens is 1. The van der Waals surface area contributed by atoms with Crippen molar-refractivity contribution in [2.75, 3.05) is 6.54 Å². The molecule has 1 heterocycles. The summed E-state index contributed by atoms with van der Waals surface area (Å²) in [5.41, 5.74) is 0.931. The molecular formula is C19H18ClNO4S3. The molecule has 0 fully saturated rings. The Balaban J connectivity index is 1.91. The maximum Gasteiger partial charge on any atom is 0.240 e. The van der Waals surface area contributed by atoms with Gasteiger partial charge in [-0.1, -0.05) is 35.4 Å². The summed E-state index contributed by atoms with van der Waals surface area (Å²) in [5, 5.41) is 1.13. The minimum Gasteiger partial charge on any atom is -0.223 e. The Bertz CT molecular complexity index is 1140. The SMILES string of the molecule is Cc1ccc(S(=O)(=O)NC[C@@H](c2cccs2)S(=O)(=O)c2ccc(Cl)cc2)cc1. The van der Waals surface area contributed by atoms with E-state index < -0.39 is 25.1 Å². The van der Waals surface area contributed by atoms with Crippen LogP contribution in [0.3, 0.4) is 0 Å². The molecule has 0 radical (unpaired) electrons. The van der Waals surface area contributed by atoms with Gasteiger partial charge in [0.2, 0.25) is 10.0 Å². The molecule has 148 valence electrons. The van der Waals surface area contributed by atoms with Crippen LogP contribution in [0.4, 0.5) is 0 Å². The Kier molecular flexibility index (Phi) is 6.26. The van der Waals surface area contributed by atoms with Crippen LogP contribution in [0.1, 0.15) is 15.7 Å². The molecule has 1 aromatic heterocycles. The van der Waals surface area contributed by atoms with Crippen LogP contribution in [0.2, 0.25) is 5.02 Å². The summed E-state index contributed by atoms with van der Waals surface area (Å²) in [6.07, 6.45) is 0. The Morgan fingerprint density at radius 1 is 0.929 bits per heavy atom. The summed E-state index contributed by atoms with van der Waals surface area (Å²) in [4.78, 5) is 0.735. The molecule has 5 nitrogen and oxygen atoms in total. The third-order valence-electron chi connectivity index (χ3n) is 4.17. The highest BCUT2D eigenvalue weighted by atomic mass is 35.5. The van der Waals surface area contributed by atoms with E-state index in [0.717, 1.165) is 5.56 Å². The minimum atomic E-state index is -3.84. The summed E-state index contributed by atoms with van der Waals surface area (Å²) in [6, 6.07) is 15.6. The zero-order valence-corrected chi connectivity index (χ0v) is 18.1. The molecule has 0 spiro atoms. The van der Waals surface area contributed by atoms with Crippen LogP contribution in [0.15, 0.2) is 75.8 Å². The number of hydrogen-bond acceptors (Lipinski definition) is 5. The van der Waals surface area contributed by atoms with Crippen molar-refractivity contribution in [3.8, 4) is 0 Å². The van der Waals surface area contributed by atoms with Crippen molar-refractivity contribution in [3.63, 3.8) is 0 Å². The number of hydrogen-bond donors (Lipinski definition) is 1. The molecule has 1 atom stereocenters. The quantitative estimate of drug-likeness (QED) is 0.578. The molecule has 0 amide bonds. The van der Waals surface area contributed by atoms with Crippen LogP contribution >= 0.6 is 22.9 Å². The van der Waals surface area contributed by atoms with Gasteiger partial charge in [-0.25, -0.2) is 21.6 Å². The molecule has 0 saturated carbocycles. The van der Waals surface area contributed by atoms with E-state index in [4.69, 9.17) is 11.6 Å². The van der Waals surface area contributed by atoms with Gasteiger partial charge < -0.3 is 0 Å². The highest BCUT2D eigenvalue weighted by Crippen LogP contribution is 2.32. The van der Waals surface area contributed by atoms with Gasteiger partial charge in [-0.3, -0.25) is 0 Å². The lowest BCUT2D eigenvalue weighted by Crippen LogP contribution is -2.31. The first-order valence-electron chi connectivity index (χ1n) is 8.29. The van der Waals surface area contributed by atoms with Gasteiger partial charge in [-0.15, -0.1) is 11.3 Å². The first-order chi connectivity index (χ1) is 13.2. The van der Waals surface area contributed by atoms with E-state index in [1.807, 2.05) is 6.92 Å². The summed E-state index contributed by atoms with van der Waals surface area (Å²) in [7, 11) is -7.67. The van der Waals surface area contributed by atoms with Gasteiger partial charge in [0.15, 0.2) is 9.84 Å². The molecule has 0 aliphatic heterocycles. The molecule has 3 aromatic rings. The lowest BCUT2D eigenvalue weighted by atomic mass is 10.2. The second-order valence-electron chi connectivity index (χ2n) is 6.17. The van der Waals surface area contributed by atoms with Crippen molar-refractivity contribution in [2.24, 2.45) is 0 Å².